The molecule has 132 valence electrons. The first-order valence-corrected chi connectivity index (χ1v) is 9.66. The van der Waals surface area contributed by atoms with Gasteiger partial charge in [-0.25, -0.2) is 9.52 Å². The molecule has 6 heteroatoms. The quantitative estimate of drug-likeness (QED) is 0.547. The van der Waals surface area contributed by atoms with E-state index in [1.807, 2.05) is 14.1 Å². The molecule has 0 aliphatic heterocycles. The highest BCUT2D eigenvalue weighted by Crippen LogP contribution is 2.38. The largest absolute Gasteiger partial charge is 0.330 e. The van der Waals surface area contributed by atoms with E-state index in [1.54, 1.807) is 0 Å². The van der Waals surface area contributed by atoms with E-state index >= 15 is 0 Å². The number of urea groups is 1. The molecule has 3 N–H and O–H groups in total. The normalized spacial score (nSPS) is 16.8. The van der Waals surface area contributed by atoms with Crippen LogP contribution >= 0.6 is 12.1 Å². The lowest BCUT2D eigenvalue weighted by Crippen LogP contribution is -2.35. The van der Waals surface area contributed by atoms with Crippen LogP contribution in [-0.2, 0) is 25.7 Å². The van der Waals surface area contributed by atoms with Crippen LogP contribution in [0.25, 0.3) is 0 Å². The molecule has 1 atom stereocenters. The zero-order chi connectivity index (χ0) is 17.1. The molecule has 0 fully saturated rings. The maximum absolute atomic E-state index is 12.3. The number of nitrogens with zero attached hydrogens (tertiary/aromatic N) is 1. The number of benzene rings is 1. The van der Waals surface area contributed by atoms with Crippen molar-refractivity contribution < 1.29 is 4.79 Å². The first-order chi connectivity index (χ1) is 11.6. The number of anilines is 1. The summed E-state index contributed by atoms with van der Waals surface area (Å²) >= 11 is 1.25. The van der Waals surface area contributed by atoms with Crippen LogP contribution in [0.3, 0.4) is 0 Å². The van der Waals surface area contributed by atoms with Crippen molar-refractivity contribution in [1.29, 1.82) is 0 Å². The Hall–Kier alpha value is -1.24. The fourth-order valence-electron chi connectivity index (χ4n) is 3.53. The Morgan fingerprint density at radius 3 is 2.38 bits per heavy atom. The first-order valence-electron chi connectivity index (χ1n) is 8.85. The van der Waals surface area contributed by atoms with Crippen molar-refractivity contribution in [2.45, 2.75) is 51.5 Å². The van der Waals surface area contributed by atoms with Gasteiger partial charge in [0.05, 0.1) is 0 Å². The molecule has 2 aliphatic carbocycles. The lowest BCUT2D eigenvalue weighted by Gasteiger charge is -2.20. The Labute approximate surface area is 149 Å². The summed E-state index contributed by atoms with van der Waals surface area (Å²) in [5, 5.41) is 3.13. The number of aryl methyl sites for hydroxylation is 2. The average Bonchev–Trinajstić information content (AvgIpc) is 3.19. The van der Waals surface area contributed by atoms with Gasteiger partial charge in [-0.05, 0) is 81.8 Å². The summed E-state index contributed by atoms with van der Waals surface area (Å²) in [6.07, 6.45) is 6.88. The Balaban J connectivity index is 1.57. The maximum Gasteiger partial charge on any atom is 0.330 e. The molecule has 0 spiro atoms. The van der Waals surface area contributed by atoms with Crippen LogP contribution in [0, 0.1) is 0 Å². The summed E-state index contributed by atoms with van der Waals surface area (Å²) in [6, 6.07) is 2.66. The number of amides is 2. The van der Waals surface area contributed by atoms with Crippen molar-refractivity contribution in [3.8, 4) is 0 Å². The van der Waals surface area contributed by atoms with E-state index in [0.29, 0.717) is 6.04 Å². The third-order valence-corrected chi connectivity index (χ3v) is 5.79. The van der Waals surface area contributed by atoms with Crippen LogP contribution in [0.15, 0.2) is 6.07 Å². The molecule has 24 heavy (non-hydrogen) atoms. The van der Waals surface area contributed by atoms with E-state index in [4.69, 9.17) is 0 Å². The second kappa shape index (κ2) is 7.76. The molecule has 3 rings (SSSR count). The molecule has 1 unspecified atom stereocenters. The highest BCUT2D eigenvalue weighted by atomic mass is 32.2. The minimum absolute atomic E-state index is 0.139. The summed E-state index contributed by atoms with van der Waals surface area (Å²) in [7, 11) is 4.10. The monoisotopic (exact) mass is 348 g/mol. The maximum atomic E-state index is 12.3. The van der Waals surface area contributed by atoms with Gasteiger partial charge in [-0.15, -0.1) is 0 Å². The predicted octanol–water partition coefficient (Wildman–Crippen LogP) is 2.89. The zero-order valence-corrected chi connectivity index (χ0v) is 15.7. The Morgan fingerprint density at radius 2 is 1.79 bits per heavy atom. The van der Waals surface area contributed by atoms with Gasteiger partial charge in [0.2, 0.25) is 0 Å². The molecule has 0 saturated heterocycles. The molecule has 2 aliphatic rings. The summed E-state index contributed by atoms with van der Waals surface area (Å²) in [6.45, 7) is 2.96. The molecular weight excluding hydrogens is 320 g/mol. The molecule has 0 aromatic heterocycles. The number of hydrogen-bond acceptors (Lipinski definition) is 4. The van der Waals surface area contributed by atoms with Gasteiger partial charge in [0, 0.05) is 30.4 Å². The van der Waals surface area contributed by atoms with Gasteiger partial charge >= 0.3 is 6.03 Å². The van der Waals surface area contributed by atoms with Crippen LogP contribution in [0.2, 0.25) is 0 Å². The fraction of sp³-hybridized carbons (Fsp3) is 0.611. The zero-order valence-electron chi connectivity index (χ0n) is 14.9. The highest BCUT2D eigenvalue weighted by Gasteiger charge is 2.24. The topological polar surface area (TPSA) is 56.4 Å². The van der Waals surface area contributed by atoms with Crippen molar-refractivity contribution in [3.05, 3.63) is 28.3 Å². The highest BCUT2D eigenvalue weighted by molar-refractivity contribution is 7.96. The summed E-state index contributed by atoms with van der Waals surface area (Å²) in [5.41, 5.74) is 6.71. The van der Waals surface area contributed by atoms with E-state index in [1.165, 1.54) is 47.2 Å². The molecule has 1 aromatic rings. The van der Waals surface area contributed by atoms with Crippen molar-refractivity contribution >= 4 is 23.9 Å². The van der Waals surface area contributed by atoms with Crippen molar-refractivity contribution in [2.24, 2.45) is 0 Å². The first kappa shape index (κ1) is 17.6. The SMILES string of the molecule is CC(CNSNC(=O)Nc1c2c(cc3c1CCC3)CCC2)N(C)C. The van der Waals surface area contributed by atoms with Crippen molar-refractivity contribution in [1.82, 2.24) is 14.3 Å². The lowest BCUT2D eigenvalue weighted by molar-refractivity contribution is 0.257. The number of rotatable bonds is 6. The number of carbonyl (C=O) groups is 1. The molecule has 5 nitrogen and oxygen atoms in total. The van der Waals surface area contributed by atoms with Gasteiger partial charge in [-0.1, -0.05) is 6.07 Å². The van der Waals surface area contributed by atoms with Crippen molar-refractivity contribution in [2.75, 3.05) is 26.0 Å². The molecular formula is C18H28N4OS. The smallest absolute Gasteiger partial charge is 0.307 e. The van der Waals surface area contributed by atoms with Gasteiger partial charge in [0.15, 0.2) is 0 Å². The molecule has 0 bridgehead atoms. The van der Waals surface area contributed by atoms with E-state index in [-0.39, 0.29) is 6.03 Å². The number of carbonyl (C=O) groups excluding carboxylic acids is 1. The van der Waals surface area contributed by atoms with E-state index in [2.05, 4.69) is 32.7 Å². The van der Waals surface area contributed by atoms with Crippen LogP contribution < -0.4 is 14.8 Å². The standard InChI is InChI=1S/C18H28N4OS/c1-12(22(2)3)11-19-24-21-18(23)20-17-15-8-4-6-13(15)10-14-7-5-9-16(14)17/h10,12,19H,4-9,11H2,1-3H3,(H2,20,21,23). The second-order valence-electron chi connectivity index (χ2n) is 7.05. The van der Waals surface area contributed by atoms with Gasteiger partial charge in [-0.2, -0.15) is 0 Å². The minimum Gasteiger partial charge on any atom is -0.307 e. The number of hydrogen-bond donors (Lipinski definition) is 3. The van der Waals surface area contributed by atoms with Crippen LogP contribution in [0.4, 0.5) is 10.5 Å². The number of nitrogens with one attached hydrogen (secondary N) is 3. The average molecular weight is 349 g/mol. The third-order valence-electron chi connectivity index (χ3n) is 5.19. The minimum atomic E-state index is -0.139. The van der Waals surface area contributed by atoms with Gasteiger partial charge in [-0.3, -0.25) is 4.72 Å². The molecule has 0 saturated carbocycles. The summed E-state index contributed by atoms with van der Waals surface area (Å²) in [5.74, 6) is 0. The van der Waals surface area contributed by atoms with E-state index in [9.17, 15) is 4.79 Å². The van der Waals surface area contributed by atoms with Crippen LogP contribution in [0.1, 0.15) is 42.0 Å². The Morgan fingerprint density at radius 1 is 1.17 bits per heavy atom. The third kappa shape index (κ3) is 3.87. The van der Waals surface area contributed by atoms with Gasteiger partial charge < -0.3 is 10.2 Å². The molecule has 1 aromatic carbocycles. The van der Waals surface area contributed by atoms with Crippen LogP contribution in [0.5, 0.6) is 0 Å². The van der Waals surface area contributed by atoms with Crippen molar-refractivity contribution in [3.63, 3.8) is 0 Å². The summed E-state index contributed by atoms with van der Waals surface area (Å²) in [4.78, 5) is 14.4. The molecule has 0 radical (unpaired) electrons. The molecule has 2 amide bonds. The fourth-order valence-corrected chi connectivity index (χ4v) is 4.07. The number of likely N-dealkylation sites (N-methyl/N-ethyl adjacent to an activating group) is 1. The Bertz CT molecular complexity index is 585. The van der Waals surface area contributed by atoms with E-state index < -0.39 is 0 Å². The van der Waals surface area contributed by atoms with Gasteiger partial charge in [0.25, 0.3) is 0 Å². The predicted molar refractivity (Wildman–Crippen MR) is 101 cm³/mol. The summed E-state index contributed by atoms with van der Waals surface area (Å²) < 4.78 is 6.04. The molecule has 0 heterocycles. The van der Waals surface area contributed by atoms with Gasteiger partial charge in [0.1, 0.15) is 0 Å². The number of fused-ring (bicyclic) bond motifs is 2. The Kier molecular flexibility index (Phi) is 5.69. The van der Waals surface area contributed by atoms with E-state index in [0.717, 1.165) is 37.9 Å². The van der Waals surface area contributed by atoms with Crippen LogP contribution in [-0.4, -0.2) is 37.6 Å². The lowest BCUT2D eigenvalue weighted by atomic mass is 9.99. The second-order valence-corrected chi connectivity index (χ2v) is 7.75.